The van der Waals surface area contributed by atoms with Crippen molar-refractivity contribution in [3.8, 4) is 17.1 Å². The summed E-state index contributed by atoms with van der Waals surface area (Å²) in [6.45, 7) is 5.12. The van der Waals surface area contributed by atoms with E-state index < -0.39 is 17.4 Å². The van der Waals surface area contributed by atoms with Crippen molar-refractivity contribution in [1.82, 2.24) is 9.97 Å². The topological polar surface area (TPSA) is 55.2 Å². The van der Waals surface area contributed by atoms with E-state index in [4.69, 9.17) is 4.74 Å². The van der Waals surface area contributed by atoms with Crippen molar-refractivity contribution in [2.45, 2.75) is 58.5 Å². The van der Waals surface area contributed by atoms with Gasteiger partial charge in [-0.25, -0.2) is 14.4 Å². The highest BCUT2D eigenvalue weighted by molar-refractivity contribution is 5.58. The molecule has 1 atom stereocenters. The molecule has 1 aromatic carbocycles. The summed E-state index contributed by atoms with van der Waals surface area (Å²) in [6, 6.07) is 2.34. The molecule has 0 aliphatic rings. The average molecular weight is 390 g/mol. The van der Waals surface area contributed by atoms with Crippen LogP contribution >= 0.6 is 0 Å². The number of phenolic OH excluding ortho intramolecular Hbond substituents is 1. The molecule has 0 bridgehead atoms. The van der Waals surface area contributed by atoms with E-state index >= 15 is 0 Å². The van der Waals surface area contributed by atoms with Gasteiger partial charge in [-0.2, -0.15) is 4.39 Å². The van der Waals surface area contributed by atoms with E-state index in [2.05, 4.69) is 23.8 Å². The molecule has 6 heteroatoms. The van der Waals surface area contributed by atoms with Crippen LogP contribution in [-0.2, 0) is 4.74 Å². The fourth-order valence-electron chi connectivity index (χ4n) is 2.74. The molecule has 0 saturated heterocycles. The molecule has 0 radical (unpaired) electrons. The highest BCUT2D eigenvalue weighted by Crippen LogP contribution is 2.26. The number of aromatic hydroxyl groups is 1. The van der Waals surface area contributed by atoms with E-state index in [0.717, 1.165) is 43.9 Å². The molecule has 1 heterocycles. The van der Waals surface area contributed by atoms with Crippen LogP contribution in [0.1, 0.15) is 57.9 Å². The lowest BCUT2D eigenvalue weighted by molar-refractivity contribution is 0.0566. The number of benzene rings is 1. The highest BCUT2D eigenvalue weighted by Gasteiger charge is 2.15. The monoisotopic (exact) mass is 390 g/mol. The number of rotatable bonds is 11. The molecule has 0 aliphatic carbocycles. The lowest BCUT2D eigenvalue weighted by Gasteiger charge is -2.11. The number of unbranched alkanes of at least 4 members (excludes halogenated alkanes) is 3. The van der Waals surface area contributed by atoms with Gasteiger partial charge in [0.05, 0.1) is 11.7 Å². The maximum atomic E-state index is 13.9. The summed E-state index contributed by atoms with van der Waals surface area (Å²) in [5.74, 6) is -3.12. The van der Waals surface area contributed by atoms with Gasteiger partial charge in [0.15, 0.2) is 17.4 Å². The molecule has 1 unspecified atom stereocenters. The molecule has 0 aliphatic heterocycles. The molecule has 152 valence electrons. The molecular weight excluding hydrogens is 362 g/mol. The molecule has 0 spiro atoms. The molecular formula is C22H28F2N2O2. The number of nitrogens with zero attached hydrogens (tertiary/aromatic N) is 2. The molecule has 1 N–H and O–H groups in total. The van der Waals surface area contributed by atoms with Crippen molar-refractivity contribution in [3.05, 3.63) is 47.8 Å². The molecule has 28 heavy (non-hydrogen) atoms. The normalized spacial score (nSPS) is 12.6. The van der Waals surface area contributed by atoms with Gasteiger partial charge in [-0.15, -0.1) is 0 Å². The van der Waals surface area contributed by atoms with E-state index in [1.54, 1.807) is 12.4 Å². The zero-order valence-corrected chi connectivity index (χ0v) is 16.5. The number of allylic oxidation sites excluding steroid dienone is 1. The van der Waals surface area contributed by atoms with Crippen LogP contribution in [0.2, 0.25) is 0 Å². The number of aromatic nitrogens is 2. The standard InChI is InChI=1S/C22H28F2N2O2/c1-3-4-8-13-28-16(2)9-6-5-7-10-17-14-25-22(26-15-17)18-11-12-19(27)21(24)20(18)23/h7,10-12,14-16,27H,3-6,8-9,13H2,1-2H3/b10-7+. The minimum Gasteiger partial charge on any atom is -0.505 e. The van der Waals surface area contributed by atoms with Crippen molar-refractivity contribution in [1.29, 1.82) is 0 Å². The van der Waals surface area contributed by atoms with Crippen molar-refractivity contribution in [2.75, 3.05) is 6.61 Å². The van der Waals surface area contributed by atoms with E-state index in [1.807, 2.05) is 12.2 Å². The van der Waals surface area contributed by atoms with Crippen molar-refractivity contribution >= 4 is 6.08 Å². The summed E-state index contributed by atoms with van der Waals surface area (Å²) in [5.41, 5.74) is 0.700. The number of halogens is 2. The zero-order valence-electron chi connectivity index (χ0n) is 16.5. The Morgan fingerprint density at radius 1 is 1.11 bits per heavy atom. The van der Waals surface area contributed by atoms with Gasteiger partial charge in [0.1, 0.15) is 0 Å². The lowest BCUT2D eigenvalue weighted by atomic mass is 10.1. The number of hydrogen-bond acceptors (Lipinski definition) is 4. The fraction of sp³-hybridized carbons (Fsp3) is 0.455. The van der Waals surface area contributed by atoms with Crippen LogP contribution in [-0.4, -0.2) is 27.8 Å². The van der Waals surface area contributed by atoms with Gasteiger partial charge in [-0.05, 0) is 44.7 Å². The van der Waals surface area contributed by atoms with E-state index in [1.165, 1.54) is 18.9 Å². The van der Waals surface area contributed by atoms with E-state index in [9.17, 15) is 13.9 Å². The summed E-state index contributed by atoms with van der Waals surface area (Å²) >= 11 is 0. The summed E-state index contributed by atoms with van der Waals surface area (Å²) < 4.78 is 33.1. The third kappa shape index (κ3) is 6.68. The highest BCUT2D eigenvalue weighted by atomic mass is 19.2. The van der Waals surface area contributed by atoms with Gasteiger partial charge >= 0.3 is 0 Å². The van der Waals surface area contributed by atoms with Gasteiger partial charge in [0.25, 0.3) is 0 Å². The Bertz CT molecular complexity index is 764. The molecule has 0 saturated carbocycles. The van der Waals surface area contributed by atoms with Gasteiger partial charge in [-0.3, -0.25) is 0 Å². The SMILES string of the molecule is CCCCCOC(C)CCC/C=C/c1cnc(-c2ccc(O)c(F)c2F)nc1. The molecule has 2 aromatic rings. The lowest BCUT2D eigenvalue weighted by Crippen LogP contribution is -2.08. The second-order valence-corrected chi connectivity index (χ2v) is 6.82. The maximum absolute atomic E-state index is 13.9. The predicted molar refractivity (Wildman–Crippen MR) is 107 cm³/mol. The van der Waals surface area contributed by atoms with Crippen LogP contribution in [0.4, 0.5) is 8.78 Å². The second-order valence-electron chi connectivity index (χ2n) is 6.82. The van der Waals surface area contributed by atoms with Crippen LogP contribution in [0.15, 0.2) is 30.6 Å². The first-order valence-electron chi connectivity index (χ1n) is 9.80. The number of hydrogen-bond donors (Lipinski definition) is 1. The quantitative estimate of drug-likeness (QED) is 0.485. The number of ether oxygens (including phenoxy) is 1. The van der Waals surface area contributed by atoms with Crippen LogP contribution in [0.5, 0.6) is 5.75 Å². The Kier molecular flexibility index (Phi) is 9.01. The predicted octanol–water partition coefficient (Wildman–Crippen LogP) is 5.91. The molecule has 0 amide bonds. The molecule has 2 rings (SSSR count). The summed E-state index contributed by atoms with van der Waals surface area (Å²) in [6.07, 6.45) is 13.8. The summed E-state index contributed by atoms with van der Waals surface area (Å²) in [4.78, 5) is 8.17. The van der Waals surface area contributed by atoms with Crippen molar-refractivity contribution in [2.24, 2.45) is 0 Å². The van der Waals surface area contributed by atoms with Gasteiger partial charge < -0.3 is 9.84 Å². The third-order valence-corrected chi connectivity index (χ3v) is 4.42. The van der Waals surface area contributed by atoms with Crippen LogP contribution in [0.3, 0.4) is 0 Å². The molecule has 0 fully saturated rings. The van der Waals surface area contributed by atoms with Crippen LogP contribution in [0, 0.1) is 11.6 Å². The van der Waals surface area contributed by atoms with Crippen LogP contribution in [0.25, 0.3) is 17.5 Å². The summed E-state index contributed by atoms with van der Waals surface area (Å²) in [7, 11) is 0. The van der Waals surface area contributed by atoms with Gasteiger partial charge in [-0.1, -0.05) is 31.9 Å². The Hall–Kier alpha value is -2.34. The minimum absolute atomic E-state index is 0.0718. The third-order valence-electron chi connectivity index (χ3n) is 4.42. The first-order chi connectivity index (χ1) is 13.5. The van der Waals surface area contributed by atoms with Crippen LogP contribution < -0.4 is 0 Å². The Morgan fingerprint density at radius 2 is 1.86 bits per heavy atom. The average Bonchev–Trinajstić information content (AvgIpc) is 2.70. The fourth-order valence-corrected chi connectivity index (χ4v) is 2.74. The molecule has 1 aromatic heterocycles. The smallest absolute Gasteiger partial charge is 0.201 e. The van der Waals surface area contributed by atoms with Crippen molar-refractivity contribution in [3.63, 3.8) is 0 Å². The minimum atomic E-state index is -1.30. The Balaban J connectivity index is 1.79. The van der Waals surface area contributed by atoms with Crippen molar-refractivity contribution < 1.29 is 18.6 Å². The maximum Gasteiger partial charge on any atom is 0.201 e. The first-order valence-corrected chi connectivity index (χ1v) is 9.80. The number of phenols is 1. The summed E-state index contributed by atoms with van der Waals surface area (Å²) in [5, 5.41) is 9.18. The largest absolute Gasteiger partial charge is 0.505 e. The van der Waals surface area contributed by atoms with E-state index in [0.29, 0.717) is 0 Å². The zero-order chi connectivity index (χ0) is 20.4. The Morgan fingerprint density at radius 3 is 2.57 bits per heavy atom. The molecule has 4 nitrogen and oxygen atoms in total. The Labute approximate surface area is 165 Å². The van der Waals surface area contributed by atoms with Gasteiger partial charge in [0.2, 0.25) is 5.82 Å². The second kappa shape index (κ2) is 11.5. The van der Waals surface area contributed by atoms with E-state index in [-0.39, 0.29) is 17.5 Å². The first kappa shape index (κ1) is 22.0. The van der Waals surface area contributed by atoms with Gasteiger partial charge in [0, 0.05) is 24.6 Å².